The van der Waals surface area contributed by atoms with Crippen molar-refractivity contribution in [1.29, 1.82) is 0 Å². The number of carboxylic acid groups (broad SMARTS) is 2. The number of benzene rings is 3. The highest BCUT2D eigenvalue weighted by atomic mass is 16.4. The second kappa shape index (κ2) is 27.8. The van der Waals surface area contributed by atoms with Gasteiger partial charge in [0, 0.05) is 36.4 Å². The number of amides is 7. The second-order valence-corrected chi connectivity index (χ2v) is 18.9. The van der Waals surface area contributed by atoms with Crippen molar-refractivity contribution in [3.8, 4) is 0 Å². The molecule has 0 bridgehead atoms. The number of fused-ring (bicyclic) bond motifs is 1. The molecular formula is C53H71N9O11. The number of hydrogen-bond donors (Lipinski definition) is 11. The Morgan fingerprint density at radius 3 is 1.44 bits per heavy atom. The topological polar surface area (TPSA) is 320 Å². The van der Waals surface area contributed by atoms with Crippen LogP contribution in [0.3, 0.4) is 0 Å². The molecule has 7 amide bonds. The zero-order valence-corrected chi connectivity index (χ0v) is 42.4. The summed E-state index contributed by atoms with van der Waals surface area (Å²) in [5.74, 6) is -9.41. The fourth-order valence-electron chi connectivity index (χ4n) is 8.01. The molecule has 12 N–H and O–H groups in total. The third kappa shape index (κ3) is 17.3. The molecule has 0 unspecified atom stereocenters. The summed E-state index contributed by atoms with van der Waals surface area (Å²) in [6.45, 7) is 11.8. The van der Waals surface area contributed by atoms with Crippen molar-refractivity contribution in [2.24, 2.45) is 23.5 Å². The van der Waals surface area contributed by atoms with E-state index in [9.17, 15) is 53.4 Å². The Labute approximate surface area is 425 Å². The molecule has 0 aliphatic carbocycles. The number of carboxylic acids is 2. The van der Waals surface area contributed by atoms with Crippen LogP contribution in [-0.2, 0) is 62.4 Å². The third-order valence-corrected chi connectivity index (χ3v) is 12.9. The van der Waals surface area contributed by atoms with E-state index in [0.717, 1.165) is 10.9 Å². The summed E-state index contributed by atoms with van der Waals surface area (Å²) in [5, 5.41) is 38.8. The van der Waals surface area contributed by atoms with Crippen molar-refractivity contribution in [1.82, 2.24) is 42.2 Å². The first-order valence-corrected chi connectivity index (χ1v) is 24.6. The maximum Gasteiger partial charge on any atom is 0.326 e. The number of para-hydroxylation sites is 1. The molecule has 73 heavy (non-hydrogen) atoms. The number of aromatic amines is 1. The van der Waals surface area contributed by atoms with Crippen molar-refractivity contribution in [3.63, 3.8) is 0 Å². The zero-order chi connectivity index (χ0) is 53.9. The fourth-order valence-corrected chi connectivity index (χ4v) is 8.01. The summed E-state index contributed by atoms with van der Waals surface area (Å²) < 4.78 is 0. The monoisotopic (exact) mass is 1010 g/mol. The average molecular weight is 1010 g/mol. The lowest BCUT2D eigenvalue weighted by Gasteiger charge is -2.30. The largest absolute Gasteiger partial charge is 0.481 e. The van der Waals surface area contributed by atoms with E-state index in [1.807, 2.05) is 31.2 Å². The lowest BCUT2D eigenvalue weighted by atomic mass is 9.95. The molecule has 1 aromatic heterocycles. The molecule has 1 heterocycles. The van der Waals surface area contributed by atoms with Gasteiger partial charge in [-0.2, -0.15) is 0 Å². The van der Waals surface area contributed by atoms with Gasteiger partial charge < -0.3 is 58.1 Å². The lowest BCUT2D eigenvalue weighted by molar-refractivity contribution is -0.142. The van der Waals surface area contributed by atoms with Crippen LogP contribution in [0.15, 0.2) is 91.1 Å². The average Bonchev–Trinajstić information content (AvgIpc) is 3.77. The summed E-state index contributed by atoms with van der Waals surface area (Å²) in [4.78, 5) is 124. The fraction of sp³-hybridized carbons (Fsp3) is 0.453. The molecule has 4 aromatic rings. The first-order valence-electron chi connectivity index (χ1n) is 24.6. The number of rotatable bonds is 28. The van der Waals surface area contributed by atoms with Crippen molar-refractivity contribution < 1.29 is 53.4 Å². The van der Waals surface area contributed by atoms with Gasteiger partial charge in [0.15, 0.2) is 0 Å². The van der Waals surface area contributed by atoms with Gasteiger partial charge in [-0.25, -0.2) is 4.79 Å². The van der Waals surface area contributed by atoms with Crippen molar-refractivity contribution in [2.75, 3.05) is 0 Å². The molecule has 0 aliphatic rings. The van der Waals surface area contributed by atoms with Crippen molar-refractivity contribution >= 4 is 64.2 Å². The first-order chi connectivity index (χ1) is 34.6. The lowest BCUT2D eigenvalue weighted by Crippen LogP contribution is -2.61. The molecule has 3 aromatic carbocycles. The number of aliphatic carboxylic acids is 2. The second-order valence-electron chi connectivity index (χ2n) is 18.9. The van der Waals surface area contributed by atoms with Crippen LogP contribution in [0, 0.1) is 17.8 Å². The van der Waals surface area contributed by atoms with Crippen LogP contribution in [0.5, 0.6) is 0 Å². The molecule has 0 saturated heterocycles. The minimum atomic E-state index is -1.45. The standard InChI is InChI=1S/C53H71N9O11/c1-8-30(5)44(61-47(66)37(54)27-42(63)64)51(70)58-40(25-34-20-14-11-15-21-34)49(68)57-39(24-33-18-12-10-13-19-33)48(67)56-32(7)46(65)60-43(29(3)4)50(69)62-45(31(6)9-2)52(71)59-41(53(72)73)26-35-28-55-38-23-17-16-22-36(35)38/h10-23,28-32,37,39-41,43-45,55H,8-9,24-27,54H2,1-7H3,(H,56,67)(H,57,68)(H,58,70)(H,59,71)(H,60,65)(H,61,66)(H,62,69)(H,63,64)(H,72,73)/t30-,31-,32-,37-,39-,40-,41-,43-,44-,45-/m0/s1. The molecule has 10 atom stereocenters. The summed E-state index contributed by atoms with van der Waals surface area (Å²) >= 11 is 0. The van der Waals surface area contributed by atoms with Crippen LogP contribution < -0.4 is 43.0 Å². The zero-order valence-electron chi connectivity index (χ0n) is 42.4. The molecule has 4 rings (SSSR count). The number of H-pyrrole nitrogens is 1. The van der Waals surface area contributed by atoms with Gasteiger partial charge in [-0.3, -0.25) is 38.4 Å². The predicted octanol–water partition coefficient (Wildman–Crippen LogP) is 2.24. The SMILES string of the molecule is CC[C@H](C)[C@H](NC(=O)[C@@H](NC(=O)[C@H](C)NC(=O)[C@H](Cc1ccccc1)NC(=O)[C@H](Cc1ccccc1)NC(=O)[C@@H](NC(=O)[C@@H](N)CC(=O)O)[C@@H](C)CC)C(C)C)C(=O)N[C@@H](Cc1c[nH]c2ccccc12)C(=O)O. The van der Waals surface area contributed by atoms with Gasteiger partial charge in [0.1, 0.15) is 42.3 Å². The van der Waals surface area contributed by atoms with Crippen LogP contribution >= 0.6 is 0 Å². The van der Waals surface area contributed by atoms with Crippen LogP contribution in [0.2, 0.25) is 0 Å². The van der Waals surface area contributed by atoms with Gasteiger partial charge >= 0.3 is 11.9 Å². The van der Waals surface area contributed by atoms with E-state index in [1.54, 1.807) is 101 Å². The molecule has 20 heteroatoms. The van der Waals surface area contributed by atoms with Crippen LogP contribution in [0.25, 0.3) is 10.9 Å². The normalized spacial score (nSPS) is 15.4. The summed E-state index contributed by atoms with van der Waals surface area (Å²) in [6.07, 6.45) is 1.73. The molecule has 0 saturated carbocycles. The van der Waals surface area contributed by atoms with E-state index in [4.69, 9.17) is 5.73 Å². The van der Waals surface area contributed by atoms with Gasteiger partial charge in [-0.15, -0.1) is 0 Å². The smallest absolute Gasteiger partial charge is 0.326 e. The van der Waals surface area contributed by atoms with Crippen molar-refractivity contribution in [2.45, 2.75) is 135 Å². The quantitative estimate of drug-likeness (QED) is 0.0391. The van der Waals surface area contributed by atoms with Gasteiger partial charge in [0.05, 0.1) is 12.5 Å². The van der Waals surface area contributed by atoms with Crippen molar-refractivity contribution in [3.05, 3.63) is 108 Å². The molecule has 0 radical (unpaired) electrons. The highest BCUT2D eigenvalue weighted by Gasteiger charge is 2.36. The van der Waals surface area contributed by atoms with E-state index in [-0.39, 0.29) is 19.3 Å². The molecule has 0 aliphatic heterocycles. The van der Waals surface area contributed by atoms with Gasteiger partial charge in [-0.05, 0) is 47.4 Å². The summed E-state index contributed by atoms with van der Waals surface area (Å²) in [7, 11) is 0. The van der Waals surface area contributed by atoms with E-state index in [0.29, 0.717) is 29.5 Å². The molecule has 394 valence electrons. The number of nitrogens with one attached hydrogen (secondary N) is 8. The number of nitrogens with two attached hydrogens (primary N) is 1. The highest BCUT2D eigenvalue weighted by Crippen LogP contribution is 2.20. The summed E-state index contributed by atoms with van der Waals surface area (Å²) in [6, 6.07) is 14.6. The van der Waals surface area contributed by atoms with Crippen LogP contribution in [-0.4, -0.2) is 117 Å². The Morgan fingerprint density at radius 2 is 0.945 bits per heavy atom. The maximum atomic E-state index is 14.4. The first kappa shape index (κ1) is 58.0. The molecule has 20 nitrogen and oxygen atoms in total. The Kier molecular flexibility index (Phi) is 22.1. The van der Waals surface area contributed by atoms with Gasteiger partial charge in [0.25, 0.3) is 0 Å². The third-order valence-electron chi connectivity index (χ3n) is 12.9. The number of carbonyl (C=O) groups is 9. The Hall–Kier alpha value is -7.61. The van der Waals surface area contributed by atoms with Gasteiger partial charge in [-0.1, -0.05) is 133 Å². The summed E-state index contributed by atoms with van der Waals surface area (Å²) in [5.41, 5.74) is 8.58. The minimum absolute atomic E-state index is 0.0320. The number of aromatic nitrogens is 1. The van der Waals surface area contributed by atoms with Crippen LogP contribution in [0.1, 0.15) is 84.4 Å². The highest BCUT2D eigenvalue weighted by molar-refractivity contribution is 5.98. The van der Waals surface area contributed by atoms with Gasteiger partial charge in [0.2, 0.25) is 41.4 Å². The number of carbonyl (C=O) groups excluding carboxylic acids is 7. The Bertz CT molecular complexity index is 2540. The molecule has 0 spiro atoms. The van der Waals surface area contributed by atoms with E-state index in [2.05, 4.69) is 42.2 Å². The maximum absolute atomic E-state index is 14.4. The molecule has 0 fully saturated rings. The molecular weight excluding hydrogens is 939 g/mol. The minimum Gasteiger partial charge on any atom is -0.481 e. The van der Waals surface area contributed by atoms with E-state index < -0.39 is 126 Å². The number of hydrogen-bond acceptors (Lipinski definition) is 10. The predicted molar refractivity (Wildman–Crippen MR) is 273 cm³/mol. The Balaban J connectivity index is 1.51. The Morgan fingerprint density at radius 1 is 0.507 bits per heavy atom. The van der Waals surface area contributed by atoms with E-state index >= 15 is 0 Å². The van der Waals surface area contributed by atoms with E-state index in [1.165, 1.54) is 6.92 Å². The van der Waals surface area contributed by atoms with Crippen LogP contribution in [0.4, 0.5) is 0 Å².